The van der Waals surface area contributed by atoms with E-state index in [4.69, 9.17) is 0 Å². The van der Waals surface area contributed by atoms with Gasteiger partial charge < -0.3 is 0 Å². The molecule has 2 heteroatoms. The van der Waals surface area contributed by atoms with Crippen LogP contribution >= 0.6 is 0 Å². The van der Waals surface area contributed by atoms with Gasteiger partial charge in [-0.15, -0.1) is 6.58 Å². The molecule has 0 atom stereocenters. The molecular weight excluding hydrogens is 160 g/mol. The summed E-state index contributed by atoms with van der Waals surface area (Å²) in [5.41, 5.74) is 0.918. The SMILES string of the molecule is C=CCCCN=Nc1ccccc1. The van der Waals surface area contributed by atoms with Gasteiger partial charge in [0.2, 0.25) is 0 Å². The highest BCUT2D eigenvalue weighted by Gasteiger charge is 1.84. The minimum atomic E-state index is 0.779. The molecule has 0 unspecified atom stereocenters. The molecule has 1 aromatic rings. The predicted octanol–water partition coefficient (Wildman–Crippen LogP) is 3.74. The molecule has 0 spiro atoms. The Kier molecular flexibility index (Phi) is 4.54. The van der Waals surface area contributed by atoms with Crippen LogP contribution in [0.1, 0.15) is 12.8 Å². The maximum absolute atomic E-state index is 4.07. The molecule has 1 aromatic carbocycles. The largest absolute Gasteiger partial charge is 0.189 e. The molecule has 0 heterocycles. The maximum atomic E-state index is 4.07. The molecular formula is C11H14N2. The third-order valence-electron chi connectivity index (χ3n) is 1.61. The number of azo groups is 1. The van der Waals surface area contributed by atoms with E-state index in [0.29, 0.717) is 0 Å². The first-order chi connectivity index (χ1) is 6.43. The van der Waals surface area contributed by atoms with E-state index in [1.54, 1.807) is 0 Å². The average Bonchev–Trinajstić information content (AvgIpc) is 2.19. The van der Waals surface area contributed by atoms with Gasteiger partial charge >= 0.3 is 0 Å². The smallest absolute Gasteiger partial charge is 0.0852 e. The molecule has 0 aromatic heterocycles. The van der Waals surface area contributed by atoms with E-state index in [1.807, 2.05) is 36.4 Å². The molecule has 0 saturated heterocycles. The number of unbranched alkanes of at least 4 members (excludes halogenated alkanes) is 1. The summed E-state index contributed by atoms with van der Waals surface area (Å²) in [7, 11) is 0. The summed E-state index contributed by atoms with van der Waals surface area (Å²) < 4.78 is 0. The normalized spacial score (nSPS) is 10.5. The topological polar surface area (TPSA) is 24.7 Å². The maximum Gasteiger partial charge on any atom is 0.0852 e. The average molecular weight is 174 g/mol. The number of allylic oxidation sites excluding steroid dienone is 1. The fourth-order valence-electron chi connectivity index (χ4n) is 0.933. The van der Waals surface area contributed by atoms with Crippen molar-refractivity contribution in [1.82, 2.24) is 0 Å². The highest BCUT2D eigenvalue weighted by molar-refractivity contribution is 5.34. The van der Waals surface area contributed by atoms with Crippen LogP contribution in [0, 0.1) is 0 Å². The van der Waals surface area contributed by atoms with E-state index in [9.17, 15) is 0 Å². The molecule has 13 heavy (non-hydrogen) atoms. The van der Waals surface area contributed by atoms with Crippen molar-refractivity contribution in [2.75, 3.05) is 6.54 Å². The zero-order valence-corrected chi connectivity index (χ0v) is 7.69. The molecule has 0 bridgehead atoms. The van der Waals surface area contributed by atoms with Crippen molar-refractivity contribution in [2.24, 2.45) is 10.2 Å². The number of hydrogen-bond acceptors (Lipinski definition) is 2. The van der Waals surface area contributed by atoms with Crippen LogP contribution in [0.3, 0.4) is 0 Å². The minimum Gasteiger partial charge on any atom is -0.189 e. The highest BCUT2D eigenvalue weighted by Crippen LogP contribution is 2.09. The molecule has 0 radical (unpaired) electrons. The molecule has 0 aliphatic heterocycles. The first-order valence-corrected chi connectivity index (χ1v) is 4.47. The molecule has 0 N–H and O–H groups in total. The van der Waals surface area contributed by atoms with Crippen LogP contribution in [0.15, 0.2) is 53.2 Å². The summed E-state index contributed by atoms with van der Waals surface area (Å²) in [5.74, 6) is 0. The molecule has 0 aliphatic rings. The van der Waals surface area contributed by atoms with Crippen molar-refractivity contribution in [2.45, 2.75) is 12.8 Å². The van der Waals surface area contributed by atoms with Crippen molar-refractivity contribution in [3.8, 4) is 0 Å². The third kappa shape index (κ3) is 4.21. The Hall–Kier alpha value is -1.44. The lowest BCUT2D eigenvalue weighted by atomic mass is 10.3. The lowest BCUT2D eigenvalue weighted by molar-refractivity contribution is 0.820. The van der Waals surface area contributed by atoms with Gasteiger partial charge in [-0.2, -0.15) is 10.2 Å². The lowest BCUT2D eigenvalue weighted by Crippen LogP contribution is -1.76. The fraction of sp³-hybridized carbons (Fsp3) is 0.273. The van der Waals surface area contributed by atoms with Crippen molar-refractivity contribution in [3.05, 3.63) is 43.0 Å². The standard InChI is InChI=1S/C11H14N2/c1-2-3-7-10-12-13-11-8-5-4-6-9-11/h2,4-6,8-9H,1,3,7,10H2. The quantitative estimate of drug-likeness (QED) is 0.369. The van der Waals surface area contributed by atoms with Gasteiger partial charge in [0, 0.05) is 0 Å². The monoisotopic (exact) mass is 174 g/mol. The summed E-state index contributed by atoms with van der Waals surface area (Å²) in [6, 6.07) is 9.76. The Morgan fingerprint density at radius 2 is 2.00 bits per heavy atom. The molecule has 0 fully saturated rings. The third-order valence-corrected chi connectivity index (χ3v) is 1.61. The Morgan fingerprint density at radius 3 is 2.69 bits per heavy atom. The summed E-state index contributed by atoms with van der Waals surface area (Å²) in [6.07, 6.45) is 3.94. The zero-order valence-electron chi connectivity index (χ0n) is 7.69. The van der Waals surface area contributed by atoms with E-state index in [0.717, 1.165) is 25.1 Å². The van der Waals surface area contributed by atoms with Crippen LogP contribution in [0.5, 0.6) is 0 Å². The number of benzene rings is 1. The van der Waals surface area contributed by atoms with Crippen LogP contribution < -0.4 is 0 Å². The molecule has 0 amide bonds. The van der Waals surface area contributed by atoms with E-state index in [1.165, 1.54) is 0 Å². The van der Waals surface area contributed by atoms with E-state index < -0.39 is 0 Å². The Balaban J connectivity index is 2.28. The first kappa shape index (κ1) is 9.65. The van der Waals surface area contributed by atoms with Gasteiger partial charge in [0.1, 0.15) is 0 Å². The number of hydrogen-bond donors (Lipinski definition) is 0. The minimum absolute atomic E-state index is 0.779. The van der Waals surface area contributed by atoms with Crippen LogP contribution in [0.25, 0.3) is 0 Å². The zero-order chi connectivity index (χ0) is 9.36. The second-order valence-electron chi connectivity index (χ2n) is 2.73. The second kappa shape index (κ2) is 6.12. The highest BCUT2D eigenvalue weighted by atomic mass is 15.1. The van der Waals surface area contributed by atoms with Gasteiger partial charge in [-0.05, 0) is 25.0 Å². The number of rotatable bonds is 5. The lowest BCUT2D eigenvalue weighted by Gasteiger charge is -1.90. The van der Waals surface area contributed by atoms with Gasteiger partial charge in [-0.3, -0.25) is 0 Å². The molecule has 2 nitrogen and oxygen atoms in total. The molecule has 68 valence electrons. The fourth-order valence-corrected chi connectivity index (χ4v) is 0.933. The summed E-state index contributed by atoms with van der Waals surface area (Å²) in [6.45, 7) is 4.42. The van der Waals surface area contributed by atoms with Gasteiger partial charge in [0.05, 0.1) is 12.2 Å². The van der Waals surface area contributed by atoms with Gasteiger partial charge in [0.25, 0.3) is 0 Å². The summed E-state index contributed by atoms with van der Waals surface area (Å²) in [5, 5.41) is 8.13. The van der Waals surface area contributed by atoms with Crippen molar-refractivity contribution >= 4 is 5.69 Å². The van der Waals surface area contributed by atoms with Gasteiger partial charge in [-0.1, -0.05) is 24.3 Å². The first-order valence-electron chi connectivity index (χ1n) is 4.47. The Labute approximate surface area is 79.0 Å². The van der Waals surface area contributed by atoms with Crippen LogP contribution in [0.2, 0.25) is 0 Å². The predicted molar refractivity (Wildman–Crippen MR) is 55.3 cm³/mol. The van der Waals surface area contributed by atoms with E-state index in [-0.39, 0.29) is 0 Å². The van der Waals surface area contributed by atoms with Crippen LogP contribution in [0.4, 0.5) is 5.69 Å². The van der Waals surface area contributed by atoms with E-state index in [2.05, 4.69) is 16.8 Å². The van der Waals surface area contributed by atoms with Crippen LogP contribution in [-0.2, 0) is 0 Å². The van der Waals surface area contributed by atoms with E-state index >= 15 is 0 Å². The summed E-state index contributed by atoms with van der Waals surface area (Å²) >= 11 is 0. The number of nitrogens with zero attached hydrogens (tertiary/aromatic N) is 2. The summed E-state index contributed by atoms with van der Waals surface area (Å²) in [4.78, 5) is 0. The van der Waals surface area contributed by atoms with Crippen molar-refractivity contribution in [1.29, 1.82) is 0 Å². The Bertz CT molecular complexity index is 265. The van der Waals surface area contributed by atoms with Crippen LogP contribution in [-0.4, -0.2) is 6.54 Å². The van der Waals surface area contributed by atoms with Gasteiger partial charge in [0.15, 0.2) is 0 Å². The second-order valence-corrected chi connectivity index (χ2v) is 2.73. The Morgan fingerprint density at radius 1 is 1.23 bits per heavy atom. The molecule has 1 rings (SSSR count). The van der Waals surface area contributed by atoms with Crippen molar-refractivity contribution < 1.29 is 0 Å². The molecule has 0 aliphatic carbocycles. The van der Waals surface area contributed by atoms with Crippen molar-refractivity contribution in [3.63, 3.8) is 0 Å². The molecule has 0 saturated carbocycles. The van der Waals surface area contributed by atoms with Gasteiger partial charge in [-0.25, -0.2) is 0 Å².